The monoisotopic (exact) mass is 305 g/mol. The van der Waals surface area contributed by atoms with Gasteiger partial charge in [0.2, 0.25) is 5.91 Å². The van der Waals surface area contributed by atoms with E-state index < -0.39 is 29.5 Å². The molecule has 0 heterocycles. The van der Waals surface area contributed by atoms with Crippen LogP contribution in [0.5, 0.6) is 0 Å². The molecule has 0 aromatic heterocycles. The van der Waals surface area contributed by atoms with Crippen LogP contribution in [0.3, 0.4) is 0 Å². The summed E-state index contributed by atoms with van der Waals surface area (Å²) in [4.78, 5) is 31.8. The van der Waals surface area contributed by atoms with E-state index >= 15 is 0 Å². The molecule has 0 unspecified atom stereocenters. The Morgan fingerprint density at radius 2 is 1.95 bits per heavy atom. The van der Waals surface area contributed by atoms with Crippen LogP contribution in [0.2, 0.25) is 0 Å². The summed E-state index contributed by atoms with van der Waals surface area (Å²) < 4.78 is 35.7. The van der Waals surface area contributed by atoms with E-state index in [0.717, 1.165) is 6.07 Å². The van der Waals surface area contributed by atoms with Crippen LogP contribution < -0.4 is 10.6 Å². The lowest BCUT2D eigenvalue weighted by molar-refractivity contribution is -0.385. The maximum Gasteiger partial charge on any atom is 0.471 e. The number of halogens is 3. The Bertz CT molecular complexity index is 587. The minimum absolute atomic E-state index is 0.154. The molecule has 0 saturated carbocycles. The van der Waals surface area contributed by atoms with Gasteiger partial charge in [-0.1, -0.05) is 0 Å². The van der Waals surface area contributed by atoms with Gasteiger partial charge in [-0.2, -0.15) is 13.2 Å². The molecule has 114 valence electrons. The molecule has 2 amide bonds. The fraction of sp³-hybridized carbons (Fsp3) is 0.273. The molecule has 7 nitrogen and oxygen atoms in total. The molecular formula is C11H10F3N3O4. The van der Waals surface area contributed by atoms with Gasteiger partial charge in [-0.25, -0.2) is 0 Å². The zero-order chi connectivity index (χ0) is 16.2. The number of anilines is 1. The molecule has 1 aromatic carbocycles. The topological polar surface area (TPSA) is 101 Å². The van der Waals surface area contributed by atoms with Gasteiger partial charge in [0.05, 0.1) is 11.5 Å². The van der Waals surface area contributed by atoms with Crippen LogP contribution in [0.4, 0.5) is 24.5 Å². The normalized spacial score (nSPS) is 10.9. The Morgan fingerprint density at radius 1 is 1.33 bits per heavy atom. The highest BCUT2D eigenvalue weighted by molar-refractivity contribution is 5.95. The zero-order valence-electron chi connectivity index (χ0n) is 10.7. The van der Waals surface area contributed by atoms with E-state index in [1.165, 1.54) is 24.4 Å². The number of aryl methyl sites for hydroxylation is 1. The van der Waals surface area contributed by atoms with Gasteiger partial charge in [0, 0.05) is 17.3 Å². The van der Waals surface area contributed by atoms with Crippen molar-refractivity contribution in [3.05, 3.63) is 33.9 Å². The van der Waals surface area contributed by atoms with Gasteiger partial charge in [0.15, 0.2) is 0 Å². The van der Waals surface area contributed by atoms with Crippen molar-refractivity contribution in [2.24, 2.45) is 0 Å². The number of hydrogen-bond acceptors (Lipinski definition) is 4. The fourth-order valence-corrected chi connectivity index (χ4v) is 1.40. The number of nitro benzene ring substituents is 1. The summed E-state index contributed by atoms with van der Waals surface area (Å²) in [5.41, 5.74) is 0.292. The lowest BCUT2D eigenvalue weighted by Gasteiger charge is -2.09. The SMILES string of the molecule is Cc1cc(NC(=O)CNC(=O)C(F)(F)F)ccc1[N+](=O)[O-]. The first-order valence-electron chi connectivity index (χ1n) is 5.51. The number of amides is 2. The van der Waals surface area contributed by atoms with Crippen LogP contribution in [-0.2, 0) is 9.59 Å². The molecule has 21 heavy (non-hydrogen) atoms. The van der Waals surface area contributed by atoms with Crippen molar-refractivity contribution in [1.82, 2.24) is 5.32 Å². The van der Waals surface area contributed by atoms with Crippen molar-refractivity contribution in [2.75, 3.05) is 11.9 Å². The van der Waals surface area contributed by atoms with Gasteiger partial charge in [-0.05, 0) is 19.1 Å². The molecule has 10 heteroatoms. The van der Waals surface area contributed by atoms with Crippen molar-refractivity contribution in [1.29, 1.82) is 0 Å². The Hall–Kier alpha value is -2.65. The van der Waals surface area contributed by atoms with E-state index in [9.17, 15) is 32.9 Å². The average Bonchev–Trinajstić information content (AvgIpc) is 2.34. The van der Waals surface area contributed by atoms with Gasteiger partial charge >= 0.3 is 12.1 Å². The Balaban J connectivity index is 2.62. The van der Waals surface area contributed by atoms with Crippen molar-refractivity contribution < 1.29 is 27.7 Å². The second-order valence-corrected chi connectivity index (χ2v) is 3.99. The first kappa shape index (κ1) is 16.4. The molecule has 2 N–H and O–H groups in total. The third kappa shape index (κ3) is 4.75. The van der Waals surface area contributed by atoms with Gasteiger partial charge in [-0.3, -0.25) is 19.7 Å². The highest BCUT2D eigenvalue weighted by Gasteiger charge is 2.38. The number of nitro groups is 1. The zero-order valence-corrected chi connectivity index (χ0v) is 10.7. The van der Waals surface area contributed by atoms with Crippen molar-refractivity contribution >= 4 is 23.2 Å². The standard InChI is InChI=1S/C11H10F3N3O4/c1-6-4-7(2-3-8(6)17(20)21)16-9(18)5-15-10(19)11(12,13)14/h2-4H,5H2,1H3,(H,15,19)(H,16,18). The number of hydrogen-bond donors (Lipinski definition) is 2. The highest BCUT2D eigenvalue weighted by atomic mass is 19.4. The summed E-state index contributed by atoms with van der Waals surface area (Å²) in [5, 5.41) is 14.2. The van der Waals surface area contributed by atoms with Gasteiger partial charge in [-0.15, -0.1) is 0 Å². The second-order valence-electron chi connectivity index (χ2n) is 3.99. The molecule has 0 fully saturated rings. The van der Waals surface area contributed by atoms with Crippen LogP contribution in [0.15, 0.2) is 18.2 Å². The van der Waals surface area contributed by atoms with Gasteiger partial charge < -0.3 is 10.6 Å². The number of benzene rings is 1. The van der Waals surface area contributed by atoms with Gasteiger partial charge in [0.1, 0.15) is 0 Å². The van der Waals surface area contributed by atoms with Gasteiger partial charge in [0.25, 0.3) is 5.69 Å². The van der Waals surface area contributed by atoms with Crippen LogP contribution in [-0.4, -0.2) is 29.5 Å². The van der Waals surface area contributed by atoms with Crippen molar-refractivity contribution in [2.45, 2.75) is 13.1 Å². The number of rotatable bonds is 4. The molecule has 0 aliphatic rings. The Kier molecular flexibility index (Phi) is 4.84. The lowest BCUT2D eigenvalue weighted by atomic mass is 10.2. The third-order valence-electron chi connectivity index (χ3n) is 2.34. The van der Waals surface area contributed by atoms with Crippen molar-refractivity contribution in [3.8, 4) is 0 Å². The summed E-state index contributed by atoms with van der Waals surface area (Å²) in [7, 11) is 0. The predicted molar refractivity (Wildman–Crippen MR) is 65.5 cm³/mol. The molecule has 0 saturated heterocycles. The molecule has 0 spiro atoms. The Labute approximate surface area is 116 Å². The molecule has 0 atom stereocenters. The lowest BCUT2D eigenvalue weighted by Crippen LogP contribution is -2.41. The summed E-state index contributed by atoms with van der Waals surface area (Å²) >= 11 is 0. The maximum absolute atomic E-state index is 11.9. The maximum atomic E-state index is 11.9. The van der Waals surface area contributed by atoms with E-state index in [-0.39, 0.29) is 16.9 Å². The molecule has 0 aliphatic carbocycles. The molecule has 0 aliphatic heterocycles. The fourth-order valence-electron chi connectivity index (χ4n) is 1.40. The van der Waals surface area contributed by atoms with E-state index in [2.05, 4.69) is 5.32 Å². The third-order valence-corrected chi connectivity index (χ3v) is 2.34. The quantitative estimate of drug-likeness (QED) is 0.650. The largest absolute Gasteiger partial charge is 0.471 e. The van der Waals surface area contributed by atoms with E-state index in [1.54, 1.807) is 0 Å². The van der Waals surface area contributed by atoms with E-state index in [0.29, 0.717) is 0 Å². The van der Waals surface area contributed by atoms with E-state index in [1.807, 2.05) is 0 Å². The number of carbonyl (C=O) groups excluding carboxylic acids is 2. The summed E-state index contributed by atoms with van der Waals surface area (Å²) in [5.74, 6) is -3.11. The highest BCUT2D eigenvalue weighted by Crippen LogP contribution is 2.21. The number of nitrogens with one attached hydrogen (secondary N) is 2. The minimum Gasteiger partial charge on any atom is -0.339 e. The summed E-state index contributed by atoms with van der Waals surface area (Å²) in [6, 6.07) is 3.68. The first-order valence-corrected chi connectivity index (χ1v) is 5.51. The smallest absolute Gasteiger partial charge is 0.339 e. The average molecular weight is 305 g/mol. The summed E-state index contributed by atoms with van der Waals surface area (Å²) in [6.07, 6.45) is -5.07. The number of alkyl halides is 3. The molecule has 1 rings (SSSR count). The molecule has 0 bridgehead atoms. The number of nitrogens with zero attached hydrogens (tertiary/aromatic N) is 1. The van der Waals surface area contributed by atoms with Crippen LogP contribution in [0, 0.1) is 17.0 Å². The van der Waals surface area contributed by atoms with Crippen LogP contribution >= 0.6 is 0 Å². The molecule has 1 aromatic rings. The van der Waals surface area contributed by atoms with Crippen LogP contribution in [0.1, 0.15) is 5.56 Å². The first-order chi connectivity index (χ1) is 9.61. The second kappa shape index (κ2) is 6.20. The number of carbonyl (C=O) groups is 2. The molecular weight excluding hydrogens is 295 g/mol. The van der Waals surface area contributed by atoms with Crippen LogP contribution in [0.25, 0.3) is 0 Å². The van der Waals surface area contributed by atoms with E-state index in [4.69, 9.17) is 0 Å². The van der Waals surface area contributed by atoms with Crippen molar-refractivity contribution in [3.63, 3.8) is 0 Å². The Morgan fingerprint density at radius 3 is 2.43 bits per heavy atom. The summed E-state index contributed by atoms with van der Waals surface area (Å²) in [6.45, 7) is 0.577. The minimum atomic E-state index is -5.07. The molecule has 0 radical (unpaired) electrons. The predicted octanol–water partition coefficient (Wildman–Crippen LogP) is 1.52.